The predicted molar refractivity (Wildman–Crippen MR) is 104 cm³/mol. The minimum atomic E-state index is -3.44. The van der Waals surface area contributed by atoms with Gasteiger partial charge in [-0.3, -0.25) is 9.59 Å². The van der Waals surface area contributed by atoms with Crippen molar-refractivity contribution in [3.8, 4) is 0 Å². The highest BCUT2D eigenvalue weighted by Crippen LogP contribution is 2.20. The van der Waals surface area contributed by atoms with Crippen LogP contribution in [0, 0.1) is 17.6 Å². The first-order valence-electron chi connectivity index (χ1n) is 9.85. The fraction of sp³-hybridized carbons (Fsp3) is 0.579. The summed E-state index contributed by atoms with van der Waals surface area (Å²) >= 11 is 0. The van der Waals surface area contributed by atoms with E-state index in [0.717, 1.165) is 12.1 Å². The van der Waals surface area contributed by atoms with Crippen LogP contribution in [-0.2, 0) is 19.6 Å². The summed E-state index contributed by atoms with van der Waals surface area (Å²) in [6.07, 6.45) is 0.771. The number of hydrogen-bond acceptors (Lipinski definition) is 5. The summed E-state index contributed by atoms with van der Waals surface area (Å²) in [7, 11) is -3.44. The van der Waals surface area contributed by atoms with E-state index in [0.29, 0.717) is 45.2 Å². The smallest absolute Gasteiger partial charge is 0.256 e. The van der Waals surface area contributed by atoms with Gasteiger partial charge in [-0.2, -0.15) is 4.31 Å². The molecule has 30 heavy (non-hydrogen) atoms. The molecule has 11 heteroatoms. The molecule has 2 fully saturated rings. The largest absolute Gasteiger partial charge is 0.379 e. The number of nitrogens with one attached hydrogen (secondary N) is 1. The van der Waals surface area contributed by atoms with E-state index in [2.05, 4.69) is 5.32 Å². The lowest BCUT2D eigenvalue weighted by Gasteiger charge is -2.31. The molecule has 0 bridgehead atoms. The van der Waals surface area contributed by atoms with Gasteiger partial charge in [-0.05, 0) is 25.0 Å². The molecule has 0 spiro atoms. The third-order valence-corrected chi connectivity index (χ3v) is 7.21. The molecule has 2 aliphatic heterocycles. The Kier molecular flexibility index (Phi) is 7.37. The molecule has 1 aromatic carbocycles. The number of piperidine rings is 1. The first-order chi connectivity index (χ1) is 14.3. The number of rotatable bonds is 6. The normalized spacial score (nSPS) is 18.9. The Balaban J connectivity index is 1.44. The van der Waals surface area contributed by atoms with Crippen LogP contribution in [0.2, 0.25) is 0 Å². The Bertz CT molecular complexity index is 882. The average molecular weight is 445 g/mol. The number of morpholine rings is 1. The van der Waals surface area contributed by atoms with Gasteiger partial charge in [-0.1, -0.05) is 0 Å². The number of sulfonamides is 1. The Morgan fingerprint density at radius 3 is 2.40 bits per heavy atom. The van der Waals surface area contributed by atoms with E-state index in [1.165, 1.54) is 9.21 Å². The number of carbonyl (C=O) groups excluding carboxylic acids is 2. The van der Waals surface area contributed by atoms with Gasteiger partial charge >= 0.3 is 0 Å². The van der Waals surface area contributed by atoms with Gasteiger partial charge in [0.1, 0.15) is 11.6 Å². The van der Waals surface area contributed by atoms with E-state index in [-0.39, 0.29) is 42.8 Å². The van der Waals surface area contributed by atoms with Crippen LogP contribution in [0.15, 0.2) is 18.2 Å². The van der Waals surface area contributed by atoms with Gasteiger partial charge in [0.05, 0.1) is 24.5 Å². The standard InChI is InChI=1S/C19H25F2N3O5S/c20-15-1-2-16(17(21)13-15)19(26)23-6-3-14(4-7-23)18(25)22-5-12-30(27,28)24-8-10-29-11-9-24/h1-2,13-14H,3-12H2,(H,22,25). The number of hydrogen-bond donors (Lipinski definition) is 1. The molecule has 0 unspecified atom stereocenters. The molecule has 2 amide bonds. The van der Waals surface area contributed by atoms with Crippen molar-refractivity contribution in [3.63, 3.8) is 0 Å². The van der Waals surface area contributed by atoms with Crippen LogP contribution < -0.4 is 5.32 Å². The molecule has 0 saturated carbocycles. The molecule has 166 valence electrons. The summed E-state index contributed by atoms with van der Waals surface area (Å²) in [5, 5.41) is 2.66. The molecular formula is C19H25F2N3O5S. The van der Waals surface area contributed by atoms with Gasteiger partial charge in [-0.25, -0.2) is 17.2 Å². The van der Waals surface area contributed by atoms with Gasteiger partial charge in [0.25, 0.3) is 5.91 Å². The summed E-state index contributed by atoms with van der Waals surface area (Å²) in [6.45, 7) is 1.91. The minimum Gasteiger partial charge on any atom is -0.379 e. The zero-order valence-electron chi connectivity index (χ0n) is 16.5. The Morgan fingerprint density at radius 1 is 1.10 bits per heavy atom. The van der Waals surface area contributed by atoms with Crippen LogP contribution in [0.5, 0.6) is 0 Å². The van der Waals surface area contributed by atoms with Crippen molar-refractivity contribution in [2.75, 3.05) is 51.7 Å². The fourth-order valence-corrected chi connectivity index (χ4v) is 4.90. The maximum Gasteiger partial charge on any atom is 0.256 e. The molecule has 2 saturated heterocycles. The van der Waals surface area contributed by atoms with Crippen LogP contribution in [0.1, 0.15) is 23.2 Å². The molecule has 1 N–H and O–H groups in total. The van der Waals surface area contributed by atoms with Crippen molar-refractivity contribution < 1.29 is 31.5 Å². The van der Waals surface area contributed by atoms with Crippen molar-refractivity contribution in [1.82, 2.24) is 14.5 Å². The van der Waals surface area contributed by atoms with E-state index < -0.39 is 27.6 Å². The summed E-state index contributed by atoms with van der Waals surface area (Å²) in [5.74, 6) is -3.00. The Labute approximate surface area is 174 Å². The number of carbonyl (C=O) groups is 2. The molecule has 2 aliphatic rings. The monoisotopic (exact) mass is 445 g/mol. The molecule has 3 rings (SSSR count). The van der Waals surface area contributed by atoms with Crippen molar-refractivity contribution in [3.05, 3.63) is 35.4 Å². The van der Waals surface area contributed by atoms with Crippen LogP contribution >= 0.6 is 0 Å². The first-order valence-corrected chi connectivity index (χ1v) is 11.5. The van der Waals surface area contributed by atoms with Gasteiger partial charge in [-0.15, -0.1) is 0 Å². The lowest BCUT2D eigenvalue weighted by molar-refractivity contribution is -0.126. The number of amides is 2. The molecule has 0 aliphatic carbocycles. The van der Waals surface area contributed by atoms with E-state index in [4.69, 9.17) is 4.74 Å². The number of ether oxygens (including phenoxy) is 1. The van der Waals surface area contributed by atoms with Gasteiger partial charge in [0.15, 0.2) is 0 Å². The topological polar surface area (TPSA) is 96.0 Å². The summed E-state index contributed by atoms with van der Waals surface area (Å²) in [4.78, 5) is 26.2. The highest BCUT2D eigenvalue weighted by atomic mass is 32.2. The zero-order valence-corrected chi connectivity index (χ0v) is 17.3. The highest BCUT2D eigenvalue weighted by Gasteiger charge is 2.29. The lowest BCUT2D eigenvalue weighted by Crippen LogP contribution is -2.46. The van der Waals surface area contributed by atoms with Crippen LogP contribution in [-0.4, -0.2) is 81.1 Å². The van der Waals surface area contributed by atoms with Gasteiger partial charge in [0, 0.05) is 44.7 Å². The number of nitrogens with zero attached hydrogens (tertiary/aromatic N) is 2. The van der Waals surface area contributed by atoms with Crippen LogP contribution in [0.3, 0.4) is 0 Å². The summed E-state index contributed by atoms with van der Waals surface area (Å²) < 4.78 is 57.9. The quantitative estimate of drug-likeness (QED) is 0.692. The second kappa shape index (κ2) is 9.80. The third kappa shape index (κ3) is 5.52. The molecule has 8 nitrogen and oxygen atoms in total. The number of likely N-dealkylation sites (tertiary alicyclic amines) is 1. The van der Waals surface area contributed by atoms with Crippen molar-refractivity contribution in [2.24, 2.45) is 5.92 Å². The van der Waals surface area contributed by atoms with E-state index >= 15 is 0 Å². The minimum absolute atomic E-state index is 0.0124. The second-order valence-corrected chi connectivity index (χ2v) is 9.40. The van der Waals surface area contributed by atoms with E-state index in [9.17, 15) is 26.8 Å². The predicted octanol–water partition coefficient (Wildman–Crippen LogP) is 0.595. The second-order valence-electron chi connectivity index (χ2n) is 7.31. The Hall–Kier alpha value is -2.11. The molecule has 0 aromatic heterocycles. The van der Waals surface area contributed by atoms with Crippen LogP contribution in [0.4, 0.5) is 8.78 Å². The Morgan fingerprint density at radius 2 is 1.77 bits per heavy atom. The number of halogens is 2. The van der Waals surface area contributed by atoms with Crippen molar-refractivity contribution >= 4 is 21.8 Å². The summed E-state index contributed by atoms with van der Waals surface area (Å²) in [5.41, 5.74) is -0.201. The zero-order chi connectivity index (χ0) is 21.7. The lowest BCUT2D eigenvalue weighted by atomic mass is 9.95. The maximum atomic E-state index is 13.8. The maximum absolute atomic E-state index is 13.8. The third-order valence-electron chi connectivity index (χ3n) is 5.34. The van der Waals surface area contributed by atoms with Crippen molar-refractivity contribution in [2.45, 2.75) is 12.8 Å². The highest BCUT2D eigenvalue weighted by molar-refractivity contribution is 7.89. The molecule has 2 heterocycles. The average Bonchev–Trinajstić information content (AvgIpc) is 2.74. The van der Waals surface area contributed by atoms with Crippen molar-refractivity contribution in [1.29, 1.82) is 0 Å². The molecular weight excluding hydrogens is 420 g/mol. The molecule has 0 radical (unpaired) electrons. The first kappa shape index (κ1) is 22.6. The van der Waals surface area contributed by atoms with E-state index in [1.54, 1.807) is 0 Å². The SMILES string of the molecule is O=C(NCCS(=O)(=O)N1CCOCC1)C1CCN(C(=O)c2ccc(F)cc2F)CC1. The molecule has 0 atom stereocenters. The van der Waals surface area contributed by atoms with E-state index in [1.807, 2.05) is 0 Å². The fourth-order valence-electron chi connectivity index (χ4n) is 3.58. The van der Waals surface area contributed by atoms with Gasteiger partial charge in [0.2, 0.25) is 15.9 Å². The number of benzene rings is 1. The molecule has 1 aromatic rings. The van der Waals surface area contributed by atoms with Gasteiger partial charge < -0.3 is 15.0 Å². The summed E-state index contributed by atoms with van der Waals surface area (Å²) in [6, 6.07) is 2.81. The van der Waals surface area contributed by atoms with Crippen LogP contribution in [0.25, 0.3) is 0 Å².